The Bertz CT molecular complexity index is 749. The first-order chi connectivity index (χ1) is 12.5. The van der Waals surface area contributed by atoms with Gasteiger partial charge >= 0.3 is 5.97 Å². The number of hydrogen-bond donors (Lipinski definition) is 0. The van der Waals surface area contributed by atoms with Crippen molar-refractivity contribution in [2.75, 3.05) is 24.6 Å². The molecule has 0 atom stereocenters. The Morgan fingerprint density at radius 3 is 2.23 bits per heavy atom. The van der Waals surface area contributed by atoms with E-state index in [0.717, 1.165) is 43.7 Å². The van der Waals surface area contributed by atoms with Crippen LogP contribution in [0.15, 0.2) is 35.0 Å². The number of esters is 1. The number of carbonyl (C=O) groups is 3. The predicted octanol–water partition coefficient (Wildman–Crippen LogP) is 3.06. The Kier molecular flexibility index (Phi) is 5.61. The summed E-state index contributed by atoms with van der Waals surface area (Å²) in [5.74, 6) is -1.38. The van der Waals surface area contributed by atoms with Gasteiger partial charge in [-0.25, -0.2) is 9.69 Å². The Labute approximate surface area is 157 Å². The number of amides is 2. The minimum Gasteiger partial charge on any atom is -0.462 e. The van der Waals surface area contributed by atoms with Gasteiger partial charge in [0.2, 0.25) is 0 Å². The maximum absolute atomic E-state index is 12.9. The summed E-state index contributed by atoms with van der Waals surface area (Å²) < 4.78 is 4.94. The number of nitrogens with zero attached hydrogens (tertiary/aromatic N) is 2. The van der Waals surface area contributed by atoms with Gasteiger partial charge in [0.25, 0.3) is 11.8 Å². The maximum atomic E-state index is 12.9. The molecule has 3 rings (SSSR count). The molecule has 0 N–H and O–H groups in total. The second-order valence-electron chi connectivity index (χ2n) is 6.28. The van der Waals surface area contributed by atoms with E-state index in [1.165, 1.54) is 12.1 Å². The normalized spacial score (nSPS) is 18.4. The number of halogens is 1. The number of imide groups is 1. The fraction of sp³-hybridized carbons (Fsp3) is 0.421. The van der Waals surface area contributed by atoms with Crippen LogP contribution in [-0.4, -0.2) is 42.4 Å². The summed E-state index contributed by atoms with van der Waals surface area (Å²) in [7, 11) is 0. The quantitative estimate of drug-likeness (QED) is 0.596. The van der Waals surface area contributed by atoms with Crippen molar-refractivity contribution in [3.05, 3.63) is 40.6 Å². The Hall–Kier alpha value is -2.34. The molecule has 0 radical (unpaired) electrons. The summed E-state index contributed by atoms with van der Waals surface area (Å²) in [6.45, 7) is 3.45. The van der Waals surface area contributed by atoms with Crippen LogP contribution >= 0.6 is 11.6 Å². The first-order valence-corrected chi connectivity index (χ1v) is 9.23. The molecule has 2 aliphatic heterocycles. The molecule has 0 aromatic heterocycles. The standard InChI is InChI=1S/C19H21ClN2O4/c1-2-26-19(25)13-7-9-14(10-8-13)22-17(23)15(20)16(18(22)24)21-11-5-3-4-6-12-21/h7-10H,2-6,11-12H2,1H3. The second kappa shape index (κ2) is 7.91. The van der Waals surface area contributed by atoms with E-state index in [0.29, 0.717) is 11.3 Å². The van der Waals surface area contributed by atoms with Gasteiger partial charge in [-0.3, -0.25) is 9.59 Å². The van der Waals surface area contributed by atoms with Crippen LogP contribution in [0.2, 0.25) is 0 Å². The summed E-state index contributed by atoms with van der Waals surface area (Å²) >= 11 is 6.23. The monoisotopic (exact) mass is 376 g/mol. The van der Waals surface area contributed by atoms with Crippen LogP contribution < -0.4 is 4.90 Å². The average Bonchev–Trinajstić information content (AvgIpc) is 2.82. The number of anilines is 1. The van der Waals surface area contributed by atoms with Gasteiger partial charge in [0.15, 0.2) is 0 Å². The zero-order valence-electron chi connectivity index (χ0n) is 14.7. The molecule has 1 saturated heterocycles. The van der Waals surface area contributed by atoms with Gasteiger partial charge in [-0.1, -0.05) is 24.4 Å². The van der Waals surface area contributed by atoms with Crippen LogP contribution in [0.25, 0.3) is 0 Å². The first kappa shape index (κ1) is 18.5. The van der Waals surface area contributed by atoms with Crippen molar-refractivity contribution < 1.29 is 19.1 Å². The Morgan fingerprint density at radius 1 is 1.04 bits per heavy atom. The van der Waals surface area contributed by atoms with E-state index in [1.807, 2.05) is 4.90 Å². The van der Waals surface area contributed by atoms with E-state index in [1.54, 1.807) is 19.1 Å². The number of likely N-dealkylation sites (tertiary alicyclic amines) is 1. The van der Waals surface area contributed by atoms with Crippen molar-refractivity contribution in [2.45, 2.75) is 32.6 Å². The molecule has 0 saturated carbocycles. The zero-order valence-corrected chi connectivity index (χ0v) is 15.4. The average molecular weight is 377 g/mol. The van der Waals surface area contributed by atoms with Crippen molar-refractivity contribution in [1.29, 1.82) is 0 Å². The molecule has 2 aliphatic rings. The highest BCUT2D eigenvalue weighted by molar-refractivity contribution is 6.52. The van der Waals surface area contributed by atoms with Gasteiger partial charge in [-0.05, 0) is 44.0 Å². The largest absolute Gasteiger partial charge is 0.462 e. The van der Waals surface area contributed by atoms with E-state index >= 15 is 0 Å². The lowest BCUT2D eigenvalue weighted by Gasteiger charge is -2.23. The number of ether oxygens (including phenoxy) is 1. The number of carbonyl (C=O) groups excluding carboxylic acids is 3. The van der Waals surface area contributed by atoms with Crippen LogP contribution in [0.5, 0.6) is 0 Å². The molecular formula is C19H21ClN2O4. The molecule has 6 nitrogen and oxygen atoms in total. The van der Waals surface area contributed by atoms with Crippen molar-refractivity contribution in [2.24, 2.45) is 0 Å². The third-order valence-corrected chi connectivity index (χ3v) is 4.90. The van der Waals surface area contributed by atoms with Gasteiger partial charge in [-0.2, -0.15) is 0 Å². The lowest BCUT2D eigenvalue weighted by molar-refractivity contribution is -0.121. The minimum atomic E-state index is -0.528. The molecule has 0 aliphatic carbocycles. The molecule has 7 heteroatoms. The minimum absolute atomic E-state index is 0.0358. The van der Waals surface area contributed by atoms with Crippen LogP contribution in [0.3, 0.4) is 0 Å². The molecule has 0 unspecified atom stereocenters. The lowest BCUT2D eigenvalue weighted by Crippen LogP contribution is -2.35. The van der Waals surface area contributed by atoms with E-state index in [9.17, 15) is 14.4 Å². The third kappa shape index (κ3) is 3.46. The van der Waals surface area contributed by atoms with Gasteiger partial charge in [0.05, 0.1) is 17.9 Å². The van der Waals surface area contributed by atoms with Crippen LogP contribution in [0, 0.1) is 0 Å². The first-order valence-electron chi connectivity index (χ1n) is 8.85. The van der Waals surface area contributed by atoms with Crippen molar-refractivity contribution >= 4 is 35.1 Å². The van der Waals surface area contributed by atoms with Crippen LogP contribution in [-0.2, 0) is 14.3 Å². The smallest absolute Gasteiger partial charge is 0.338 e. The highest BCUT2D eigenvalue weighted by atomic mass is 35.5. The Morgan fingerprint density at radius 2 is 1.65 bits per heavy atom. The maximum Gasteiger partial charge on any atom is 0.338 e. The second-order valence-corrected chi connectivity index (χ2v) is 6.65. The summed E-state index contributed by atoms with van der Waals surface area (Å²) in [5, 5.41) is -0.0358. The fourth-order valence-electron chi connectivity index (χ4n) is 3.26. The molecule has 0 spiro atoms. The fourth-order valence-corrected chi connectivity index (χ4v) is 3.54. The van der Waals surface area contributed by atoms with E-state index in [4.69, 9.17) is 16.3 Å². The zero-order chi connectivity index (χ0) is 18.7. The molecule has 26 heavy (non-hydrogen) atoms. The Balaban J connectivity index is 1.83. The van der Waals surface area contributed by atoms with Crippen molar-refractivity contribution in [1.82, 2.24) is 4.90 Å². The number of hydrogen-bond acceptors (Lipinski definition) is 5. The molecule has 138 valence electrons. The molecule has 2 amide bonds. The number of rotatable bonds is 4. The summed E-state index contributed by atoms with van der Waals surface area (Å²) in [6.07, 6.45) is 4.18. The molecule has 1 fully saturated rings. The number of benzene rings is 1. The van der Waals surface area contributed by atoms with Crippen LogP contribution in [0.4, 0.5) is 5.69 Å². The van der Waals surface area contributed by atoms with Crippen LogP contribution in [0.1, 0.15) is 43.0 Å². The molecular weight excluding hydrogens is 356 g/mol. The summed E-state index contributed by atoms with van der Waals surface area (Å²) in [6, 6.07) is 6.17. The van der Waals surface area contributed by atoms with Gasteiger partial charge < -0.3 is 9.64 Å². The topological polar surface area (TPSA) is 66.9 Å². The lowest BCUT2D eigenvalue weighted by atomic mass is 10.2. The van der Waals surface area contributed by atoms with E-state index in [2.05, 4.69) is 0 Å². The van der Waals surface area contributed by atoms with Crippen molar-refractivity contribution in [3.63, 3.8) is 0 Å². The summed E-state index contributed by atoms with van der Waals surface area (Å²) in [5.41, 5.74) is 1.03. The molecule has 0 bridgehead atoms. The van der Waals surface area contributed by atoms with Gasteiger partial charge in [0.1, 0.15) is 10.7 Å². The van der Waals surface area contributed by atoms with E-state index < -0.39 is 17.8 Å². The molecule has 1 aromatic rings. The molecule has 1 aromatic carbocycles. The SMILES string of the molecule is CCOC(=O)c1ccc(N2C(=O)C(Cl)=C(N3CCCCCC3)C2=O)cc1. The van der Waals surface area contributed by atoms with Crippen molar-refractivity contribution in [3.8, 4) is 0 Å². The highest BCUT2D eigenvalue weighted by Gasteiger charge is 2.41. The van der Waals surface area contributed by atoms with E-state index in [-0.39, 0.29) is 17.3 Å². The third-order valence-electron chi connectivity index (χ3n) is 4.56. The van der Waals surface area contributed by atoms with Gasteiger partial charge in [-0.15, -0.1) is 0 Å². The highest BCUT2D eigenvalue weighted by Crippen LogP contribution is 2.32. The molecule has 2 heterocycles. The van der Waals surface area contributed by atoms with Gasteiger partial charge in [0, 0.05) is 13.1 Å². The summed E-state index contributed by atoms with van der Waals surface area (Å²) in [4.78, 5) is 40.2. The predicted molar refractivity (Wildman–Crippen MR) is 97.8 cm³/mol.